The first-order chi connectivity index (χ1) is 9.58. The van der Waals surface area contributed by atoms with Crippen LogP contribution in [0, 0.1) is 27.7 Å². The average molecular weight is 284 g/mol. The zero-order valence-corrected chi connectivity index (χ0v) is 11.2. The highest BCUT2D eigenvalue weighted by atomic mass is 19.1. The predicted molar refractivity (Wildman–Crippen MR) is 72.7 cm³/mol. The summed E-state index contributed by atoms with van der Waals surface area (Å²) in [7, 11) is 0. The highest BCUT2D eigenvalue weighted by molar-refractivity contribution is 5.51. The zero-order valence-electron chi connectivity index (χ0n) is 11.2. The number of non-ortho nitro benzene ring substituents is 1. The molecule has 0 radical (unpaired) electrons. The van der Waals surface area contributed by atoms with Crippen LogP contribution in [-0.4, -0.2) is 11.5 Å². The van der Waals surface area contributed by atoms with Crippen molar-refractivity contribution in [2.24, 2.45) is 5.92 Å². The average Bonchev–Trinajstić information content (AvgIpc) is 2.42. The molecule has 0 atom stereocenters. The molecule has 0 amide bonds. The second-order valence-corrected chi connectivity index (χ2v) is 5.26. The minimum absolute atomic E-state index is 0.272. The van der Waals surface area contributed by atoms with E-state index in [1.54, 1.807) is 0 Å². The van der Waals surface area contributed by atoms with Gasteiger partial charge in [-0.25, -0.2) is 8.78 Å². The van der Waals surface area contributed by atoms with Crippen LogP contribution in [0.5, 0.6) is 0 Å². The second kappa shape index (κ2) is 6.63. The van der Waals surface area contributed by atoms with E-state index in [-0.39, 0.29) is 5.69 Å². The summed E-state index contributed by atoms with van der Waals surface area (Å²) in [5.74, 6) is -1.22. The first-order valence-electron chi connectivity index (χ1n) is 6.95. The number of hydrogen-bond donors (Lipinski definition) is 1. The van der Waals surface area contributed by atoms with Gasteiger partial charge in [-0.3, -0.25) is 10.1 Å². The van der Waals surface area contributed by atoms with Crippen molar-refractivity contribution in [1.29, 1.82) is 0 Å². The van der Waals surface area contributed by atoms with E-state index in [0.717, 1.165) is 18.6 Å². The summed E-state index contributed by atoms with van der Waals surface area (Å²) in [5, 5.41) is 13.2. The Labute approximate surface area is 116 Å². The molecule has 1 aromatic rings. The largest absolute Gasteiger partial charge is 0.380 e. The minimum Gasteiger partial charge on any atom is -0.380 e. The smallest absolute Gasteiger partial charge is 0.275 e. The maximum atomic E-state index is 13.6. The number of hydrogen-bond acceptors (Lipinski definition) is 3. The van der Waals surface area contributed by atoms with Gasteiger partial charge in [-0.1, -0.05) is 32.1 Å². The zero-order chi connectivity index (χ0) is 14.5. The topological polar surface area (TPSA) is 55.2 Å². The highest BCUT2D eigenvalue weighted by Crippen LogP contribution is 2.28. The summed E-state index contributed by atoms with van der Waals surface area (Å²) >= 11 is 0. The molecule has 1 saturated carbocycles. The molecule has 2 rings (SSSR count). The third kappa shape index (κ3) is 3.65. The molecule has 6 heteroatoms. The molecule has 0 saturated heterocycles. The van der Waals surface area contributed by atoms with Gasteiger partial charge in [0.15, 0.2) is 11.6 Å². The SMILES string of the molecule is O=[N+]([O-])c1cc(F)c(NCCC2CCCCC2)c(F)c1. The Morgan fingerprint density at radius 1 is 1.20 bits per heavy atom. The molecule has 0 heterocycles. The molecular formula is C14H18F2N2O2. The molecule has 0 aromatic heterocycles. The predicted octanol–water partition coefficient (Wildman–Crippen LogP) is 4.26. The highest BCUT2D eigenvalue weighted by Gasteiger charge is 2.18. The van der Waals surface area contributed by atoms with Crippen LogP contribution in [0.4, 0.5) is 20.2 Å². The van der Waals surface area contributed by atoms with Crippen LogP contribution in [0.15, 0.2) is 12.1 Å². The van der Waals surface area contributed by atoms with Crippen molar-refractivity contribution in [1.82, 2.24) is 0 Å². The molecular weight excluding hydrogens is 266 g/mol. The number of halogens is 2. The first kappa shape index (κ1) is 14.7. The van der Waals surface area contributed by atoms with E-state index < -0.39 is 22.2 Å². The molecule has 0 unspecified atom stereocenters. The number of nitro groups is 1. The minimum atomic E-state index is -0.916. The molecule has 1 aliphatic rings. The monoisotopic (exact) mass is 284 g/mol. The molecule has 1 aromatic carbocycles. The maximum absolute atomic E-state index is 13.6. The van der Waals surface area contributed by atoms with Crippen molar-refractivity contribution in [3.05, 3.63) is 33.9 Å². The van der Waals surface area contributed by atoms with Crippen LogP contribution in [0.25, 0.3) is 0 Å². The summed E-state index contributed by atoms with van der Waals surface area (Å²) in [6.45, 7) is 0.482. The molecule has 0 bridgehead atoms. The lowest BCUT2D eigenvalue weighted by Crippen LogP contribution is -2.13. The van der Waals surface area contributed by atoms with Crippen LogP contribution in [0.2, 0.25) is 0 Å². The third-order valence-electron chi connectivity index (χ3n) is 3.82. The van der Waals surface area contributed by atoms with E-state index in [0.29, 0.717) is 12.5 Å². The van der Waals surface area contributed by atoms with Crippen LogP contribution in [-0.2, 0) is 0 Å². The van der Waals surface area contributed by atoms with Crippen molar-refractivity contribution in [3.8, 4) is 0 Å². The van der Waals surface area contributed by atoms with Crippen LogP contribution in [0.1, 0.15) is 38.5 Å². The summed E-state index contributed by atoms with van der Waals surface area (Å²) in [6.07, 6.45) is 6.95. The molecule has 1 N–H and O–H groups in total. The molecule has 1 aliphatic carbocycles. The van der Waals surface area contributed by atoms with Crippen molar-refractivity contribution in [3.63, 3.8) is 0 Å². The summed E-state index contributed by atoms with van der Waals surface area (Å²) in [6, 6.07) is 1.48. The number of benzene rings is 1. The first-order valence-corrected chi connectivity index (χ1v) is 6.95. The van der Waals surface area contributed by atoms with Gasteiger partial charge < -0.3 is 5.32 Å². The van der Waals surface area contributed by atoms with Gasteiger partial charge in [0.2, 0.25) is 0 Å². The Hall–Kier alpha value is -1.72. The molecule has 4 nitrogen and oxygen atoms in total. The number of nitrogens with zero attached hydrogens (tertiary/aromatic N) is 1. The van der Waals surface area contributed by atoms with Gasteiger partial charge in [0.25, 0.3) is 5.69 Å². The van der Waals surface area contributed by atoms with E-state index in [1.165, 1.54) is 32.1 Å². The molecule has 0 aliphatic heterocycles. The van der Waals surface area contributed by atoms with Crippen molar-refractivity contribution >= 4 is 11.4 Å². The quantitative estimate of drug-likeness (QED) is 0.649. The lowest BCUT2D eigenvalue weighted by Gasteiger charge is -2.21. The van der Waals surface area contributed by atoms with Gasteiger partial charge in [-0.05, 0) is 12.3 Å². The fourth-order valence-corrected chi connectivity index (χ4v) is 2.71. The molecule has 0 spiro atoms. The van der Waals surface area contributed by atoms with E-state index in [2.05, 4.69) is 5.32 Å². The van der Waals surface area contributed by atoms with Crippen LogP contribution >= 0.6 is 0 Å². The summed E-state index contributed by atoms with van der Waals surface area (Å²) in [5.41, 5.74) is -0.843. The van der Waals surface area contributed by atoms with Crippen LogP contribution < -0.4 is 5.32 Å². The number of rotatable bonds is 5. The normalized spacial score (nSPS) is 16.1. The number of nitrogens with one attached hydrogen (secondary N) is 1. The van der Waals surface area contributed by atoms with Gasteiger partial charge in [0.05, 0.1) is 17.1 Å². The third-order valence-corrected chi connectivity index (χ3v) is 3.82. The maximum Gasteiger partial charge on any atom is 0.275 e. The van der Waals surface area contributed by atoms with Crippen molar-refractivity contribution < 1.29 is 13.7 Å². The van der Waals surface area contributed by atoms with E-state index in [1.807, 2.05) is 0 Å². The van der Waals surface area contributed by atoms with Crippen molar-refractivity contribution in [2.45, 2.75) is 38.5 Å². The van der Waals surface area contributed by atoms with Crippen LogP contribution in [0.3, 0.4) is 0 Å². The fourth-order valence-electron chi connectivity index (χ4n) is 2.71. The van der Waals surface area contributed by atoms with Gasteiger partial charge in [-0.2, -0.15) is 0 Å². The Morgan fingerprint density at radius 2 is 1.80 bits per heavy atom. The Balaban J connectivity index is 1.93. The van der Waals surface area contributed by atoms with E-state index >= 15 is 0 Å². The molecule has 1 fully saturated rings. The van der Waals surface area contributed by atoms with Gasteiger partial charge in [-0.15, -0.1) is 0 Å². The fraction of sp³-hybridized carbons (Fsp3) is 0.571. The van der Waals surface area contributed by atoms with E-state index in [9.17, 15) is 18.9 Å². The lowest BCUT2D eigenvalue weighted by atomic mass is 9.87. The van der Waals surface area contributed by atoms with Crippen molar-refractivity contribution in [2.75, 3.05) is 11.9 Å². The second-order valence-electron chi connectivity index (χ2n) is 5.26. The van der Waals surface area contributed by atoms with Gasteiger partial charge in [0, 0.05) is 6.54 Å². The Bertz CT molecular complexity index is 465. The Kier molecular flexibility index (Phi) is 4.87. The molecule has 110 valence electrons. The van der Waals surface area contributed by atoms with Gasteiger partial charge >= 0.3 is 0 Å². The lowest BCUT2D eigenvalue weighted by molar-refractivity contribution is -0.385. The Morgan fingerprint density at radius 3 is 2.35 bits per heavy atom. The summed E-state index contributed by atoms with van der Waals surface area (Å²) in [4.78, 5) is 9.68. The van der Waals surface area contributed by atoms with E-state index in [4.69, 9.17) is 0 Å². The van der Waals surface area contributed by atoms with Gasteiger partial charge in [0.1, 0.15) is 5.69 Å². The standard InChI is InChI=1S/C14H18F2N2O2/c15-12-8-11(18(19)20)9-13(16)14(12)17-7-6-10-4-2-1-3-5-10/h8-10,17H,1-7H2. The number of anilines is 1. The summed E-state index contributed by atoms with van der Waals surface area (Å²) < 4.78 is 27.3. The molecule has 20 heavy (non-hydrogen) atoms. The number of nitro benzene ring substituents is 1.